The summed E-state index contributed by atoms with van der Waals surface area (Å²) in [4.78, 5) is 22.1. The monoisotopic (exact) mass is 507 g/mol. The molecule has 1 amide bonds. The van der Waals surface area contributed by atoms with E-state index in [1.807, 2.05) is 20.8 Å². The van der Waals surface area contributed by atoms with Gasteiger partial charge in [-0.2, -0.15) is 0 Å². The van der Waals surface area contributed by atoms with E-state index in [4.69, 9.17) is 16.3 Å². The smallest absolute Gasteiger partial charge is 0.407 e. The Kier molecular flexibility index (Phi) is 4.68. The average Bonchev–Trinajstić information content (AvgIpc) is 3.00. The molecule has 1 aliphatic carbocycles. The van der Waals surface area contributed by atoms with E-state index in [9.17, 15) is 9.18 Å². The molecule has 163 valence electrons. The van der Waals surface area contributed by atoms with Crippen LogP contribution in [-0.4, -0.2) is 40.8 Å². The van der Waals surface area contributed by atoms with Gasteiger partial charge in [0.25, 0.3) is 0 Å². The second-order valence-corrected chi connectivity index (χ2v) is 10.7. The lowest BCUT2D eigenvalue weighted by Gasteiger charge is -2.22. The zero-order valence-corrected chi connectivity index (χ0v) is 19.7. The highest BCUT2D eigenvalue weighted by atomic mass is 79.9. The minimum Gasteiger partial charge on any atom is -0.444 e. The molecule has 5 rings (SSSR count). The van der Waals surface area contributed by atoms with Crippen LogP contribution in [0.4, 0.5) is 14.9 Å². The van der Waals surface area contributed by atoms with Crippen LogP contribution in [0.1, 0.15) is 33.6 Å². The number of benzene rings is 1. The first kappa shape index (κ1) is 20.8. The number of ether oxygens (including phenoxy) is 1. The largest absolute Gasteiger partial charge is 0.444 e. The lowest BCUT2D eigenvalue weighted by atomic mass is 10.1. The number of amides is 1. The molecule has 1 saturated heterocycles. The lowest BCUT2D eigenvalue weighted by Crippen LogP contribution is -2.36. The second-order valence-electron chi connectivity index (χ2n) is 9.44. The number of rotatable bonds is 2. The normalized spacial score (nSPS) is 23.2. The lowest BCUT2D eigenvalue weighted by molar-refractivity contribution is 0.0517. The molecule has 0 unspecified atom stereocenters. The van der Waals surface area contributed by atoms with Crippen LogP contribution in [0.2, 0.25) is 5.02 Å². The summed E-state index contributed by atoms with van der Waals surface area (Å²) in [6.07, 6.45) is 3.21. The molecule has 2 aliphatic rings. The molecule has 2 atom stereocenters. The Morgan fingerprint density at radius 2 is 2.26 bits per heavy atom. The summed E-state index contributed by atoms with van der Waals surface area (Å²) in [6, 6.07) is 4.23. The maximum Gasteiger partial charge on any atom is 0.407 e. The molecule has 31 heavy (non-hydrogen) atoms. The quantitative estimate of drug-likeness (QED) is 0.475. The molecule has 1 saturated carbocycles. The van der Waals surface area contributed by atoms with Crippen LogP contribution in [0.15, 0.2) is 16.7 Å². The van der Waals surface area contributed by atoms with Gasteiger partial charge in [0.2, 0.25) is 0 Å². The van der Waals surface area contributed by atoms with Crippen LogP contribution >= 0.6 is 27.5 Å². The van der Waals surface area contributed by atoms with E-state index in [1.165, 1.54) is 6.07 Å². The van der Waals surface area contributed by atoms with Crippen LogP contribution in [0.5, 0.6) is 0 Å². The van der Waals surface area contributed by atoms with Crippen LogP contribution < -0.4 is 10.2 Å². The predicted molar refractivity (Wildman–Crippen MR) is 122 cm³/mol. The van der Waals surface area contributed by atoms with Crippen molar-refractivity contribution < 1.29 is 13.9 Å². The number of nitrogens with one attached hydrogen (secondary N) is 2. The Bertz CT molecular complexity index is 1220. The van der Waals surface area contributed by atoms with E-state index < -0.39 is 11.4 Å². The molecule has 1 aromatic carbocycles. The van der Waals surface area contributed by atoms with Crippen molar-refractivity contribution in [2.24, 2.45) is 5.41 Å². The molecule has 3 aromatic rings. The Hall–Kier alpha value is -2.06. The van der Waals surface area contributed by atoms with Gasteiger partial charge in [-0.3, -0.25) is 0 Å². The summed E-state index contributed by atoms with van der Waals surface area (Å²) in [6.45, 7) is 7.14. The summed E-state index contributed by atoms with van der Waals surface area (Å²) < 4.78 is 20.4. The molecule has 1 radical (unpaired) electrons. The summed E-state index contributed by atoms with van der Waals surface area (Å²) in [5, 5.41) is 4.44. The van der Waals surface area contributed by atoms with Gasteiger partial charge in [-0.25, -0.2) is 14.2 Å². The Morgan fingerprint density at radius 1 is 1.48 bits per heavy atom. The number of carbonyl (C=O) groups is 1. The second kappa shape index (κ2) is 6.97. The van der Waals surface area contributed by atoms with E-state index in [0.29, 0.717) is 16.6 Å². The zero-order valence-electron chi connectivity index (χ0n) is 17.4. The van der Waals surface area contributed by atoms with E-state index in [-0.39, 0.29) is 22.6 Å². The average molecular weight is 509 g/mol. The van der Waals surface area contributed by atoms with Gasteiger partial charge in [0.15, 0.2) is 0 Å². The minimum atomic E-state index is -0.526. The maximum absolute atomic E-state index is 14.2. The van der Waals surface area contributed by atoms with E-state index in [1.54, 1.807) is 6.20 Å². The van der Waals surface area contributed by atoms with Crippen LogP contribution in [-0.2, 0) is 4.74 Å². The van der Waals surface area contributed by atoms with Crippen molar-refractivity contribution in [3.63, 3.8) is 0 Å². The third-order valence-electron chi connectivity index (χ3n) is 6.10. The topological polar surface area (TPSA) is 70.2 Å². The van der Waals surface area contributed by atoms with E-state index in [2.05, 4.69) is 42.2 Å². The number of aromatic amines is 1. The molecule has 1 aliphatic heterocycles. The fourth-order valence-electron chi connectivity index (χ4n) is 4.61. The Morgan fingerprint density at radius 3 is 3.00 bits per heavy atom. The van der Waals surface area contributed by atoms with Crippen molar-refractivity contribution >= 4 is 61.2 Å². The van der Waals surface area contributed by atoms with Gasteiger partial charge in [0.05, 0.1) is 26.1 Å². The van der Waals surface area contributed by atoms with Crippen molar-refractivity contribution in [3.8, 4) is 0 Å². The number of pyridine rings is 1. The van der Waals surface area contributed by atoms with Crippen molar-refractivity contribution in [3.05, 3.63) is 33.6 Å². The van der Waals surface area contributed by atoms with E-state index in [0.717, 1.165) is 41.5 Å². The molecule has 9 heteroatoms. The molecule has 2 aromatic heterocycles. The number of aromatic nitrogens is 2. The number of hydrogen-bond acceptors (Lipinski definition) is 4. The third kappa shape index (κ3) is 3.53. The number of nitrogens with zero attached hydrogens (tertiary/aromatic N) is 2. The molecular weight excluding hydrogens is 487 g/mol. The number of fused-ring (bicyclic) bond motifs is 3. The van der Waals surface area contributed by atoms with Crippen LogP contribution in [0, 0.1) is 17.3 Å². The van der Waals surface area contributed by atoms with Gasteiger partial charge in [-0.05, 0) is 55.6 Å². The molecule has 3 heterocycles. The number of carbonyl (C=O) groups excluding carboxylic acids is 1. The van der Waals surface area contributed by atoms with Gasteiger partial charge >= 0.3 is 6.09 Å². The van der Waals surface area contributed by atoms with Gasteiger partial charge in [-0.1, -0.05) is 11.6 Å². The number of anilines is 1. The molecule has 1 spiro atoms. The number of halogens is 3. The highest BCUT2D eigenvalue weighted by Gasteiger charge is 2.58. The highest BCUT2D eigenvalue weighted by molar-refractivity contribution is 9.10. The molecule has 2 fully saturated rings. The number of hydrogen-bond donors (Lipinski definition) is 2. The fraction of sp³-hybridized carbons (Fsp3) is 0.455. The standard InChI is InChI=1S/C22H22BrClFN4O2/c1-21(2,3)31-20(30)28-14-8-22(14)6-7-29(10-22)18-11(23)9-26-19-16(18)15-13(27-19)5-4-12(25)17(15)24/h4,9,14H,6-8,10H2,1-3H3,(H,26,27)(H,28,30)/t14-,22+/m1/s1. The van der Waals surface area contributed by atoms with Crippen molar-refractivity contribution in [2.45, 2.75) is 45.3 Å². The number of alkyl carbamates (subject to hydrolysis) is 1. The zero-order chi connectivity index (χ0) is 22.1. The molecule has 2 N–H and O–H groups in total. The van der Waals surface area contributed by atoms with Gasteiger partial charge in [0.1, 0.15) is 17.1 Å². The Labute approximate surface area is 192 Å². The fourth-order valence-corrected chi connectivity index (χ4v) is 5.41. The van der Waals surface area contributed by atoms with Crippen molar-refractivity contribution in [1.82, 2.24) is 15.3 Å². The Balaban J connectivity index is 1.46. The summed E-state index contributed by atoms with van der Waals surface area (Å²) >= 11 is 9.97. The SMILES string of the molecule is CC(C)(C)OC(=O)N[C@@H]1C[C@]12CCN(c1c(Br)cnc3[nH]c4[c]cc(F)c(Cl)c4c13)C2. The molecule has 6 nitrogen and oxygen atoms in total. The molecular formula is C22H22BrClFN4O2. The highest BCUT2D eigenvalue weighted by Crippen LogP contribution is 2.55. The number of H-pyrrole nitrogens is 1. The van der Waals surface area contributed by atoms with Crippen LogP contribution in [0.3, 0.4) is 0 Å². The first-order chi connectivity index (χ1) is 14.6. The molecule has 0 bridgehead atoms. The predicted octanol–water partition coefficient (Wildman–Crippen LogP) is 5.56. The first-order valence-electron chi connectivity index (χ1n) is 10.2. The maximum atomic E-state index is 14.2. The van der Waals surface area contributed by atoms with E-state index >= 15 is 0 Å². The first-order valence-corrected chi connectivity index (χ1v) is 11.4. The van der Waals surface area contributed by atoms with Gasteiger partial charge in [0, 0.05) is 42.2 Å². The van der Waals surface area contributed by atoms with Gasteiger partial charge in [-0.15, -0.1) is 0 Å². The summed E-state index contributed by atoms with van der Waals surface area (Å²) in [5.41, 5.74) is 1.67. The summed E-state index contributed by atoms with van der Waals surface area (Å²) in [5.74, 6) is -0.511. The van der Waals surface area contributed by atoms with Gasteiger partial charge < -0.3 is 19.9 Å². The minimum absolute atomic E-state index is 0.0131. The van der Waals surface area contributed by atoms with Crippen LogP contribution in [0.25, 0.3) is 21.9 Å². The van der Waals surface area contributed by atoms with Crippen molar-refractivity contribution in [2.75, 3.05) is 18.0 Å². The summed E-state index contributed by atoms with van der Waals surface area (Å²) in [7, 11) is 0. The third-order valence-corrected chi connectivity index (χ3v) is 7.05. The van der Waals surface area contributed by atoms with Crippen molar-refractivity contribution in [1.29, 1.82) is 0 Å².